The van der Waals surface area contributed by atoms with Crippen LogP contribution in [0.3, 0.4) is 0 Å². The van der Waals surface area contributed by atoms with Gasteiger partial charge in [0.2, 0.25) is 0 Å². The maximum atomic E-state index is 14.4. The molecule has 30 heavy (non-hydrogen) atoms. The minimum Gasteiger partial charge on any atom is -0.544 e. The molecule has 2 saturated carbocycles. The average molecular weight is 423 g/mol. The lowest BCUT2D eigenvalue weighted by Gasteiger charge is -2.42. The van der Waals surface area contributed by atoms with E-state index in [0.29, 0.717) is 19.3 Å². The van der Waals surface area contributed by atoms with Gasteiger partial charge in [-0.2, -0.15) is 8.78 Å². The summed E-state index contributed by atoms with van der Waals surface area (Å²) in [5, 5.41) is 11.0. The summed E-state index contributed by atoms with van der Waals surface area (Å²) < 4.78 is 39.4. The summed E-state index contributed by atoms with van der Waals surface area (Å²) in [6.07, 6.45) is 4.33. The molecule has 0 spiro atoms. The van der Waals surface area contributed by atoms with Crippen LogP contribution in [0.4, 0.5) is 8.78 Å². The van der Waals surface area contributed by atoms with E-state index in [-0.39, 0.29) is 24.0 Å². The number of alkyl halides is 2. The van der Waals surface area contributed by atoms with Crippen molar-refractivity contribution in [3.8, 4) is 0 Å². The highest BCUT2D eigenvalue weighted by atomic mass is 19.3. The molecule has 1 aromatic carbocycles. The summed E-state index contributed by atoms with van der Waals surface area (Å²) >= 11 is 0. The van der Waals surface area contributed by atoms with Crippen molar-refractivity contribution in [3.05, 3.63) is 35.4 Å². The van der Waals surface area contributed by atoms with Crippen LogP contribution >= 0.6 is 0 Å². The smallest absolute Gasteiger partial charge is 0.338 e. The standard InChI is InChI=1S/C22H26F2O6/c1-20(11-5-6-12-20)29-17(25)15-7-9-16(10-8-15)18(26)30-21(13-3-2-4-14-21)22(23,24)19(27)28/h7-10H,2-6,11-14H2,1H3,(H,27,28)/p-1. The molecular formula is C22H25F2O6-. The second-order valence-electron chi connectivity index (χ2n) is 8.43. The topological polar surface area (TPSA) is 92.7 Å². The Labute approximate surface area is 173 Å². The van der Waals surface area contributed by atoms with E-state index < -0.39 is 35.0 Å². The number of aliphatic carboxylic acids is 1. The van der Waals surface area contributed by atoms with Crippen LogP contribution in [0.25, 0.3) is 0 Å². The zero-order valence-electron chi connectivity index (χ0n) is 16.9. The van der Waals surface area contributed by atoms with Crippen LogP contribution < -0.4 is 5.11 Å². The Morgan fingerprint density at radius 1 is 0.833 bits per heavy atom. The summed E-state index contributed by atoms with van der Waals surface area (Å²) in [4.78, 5) is 35.9. The van der Waals surface area contributed by atoms with Crippen molar-refractivity contribution in [1.82, 2.24) is 0 Å². The summed E-state index contributed by atoms with van der Waals surface area (Å²) in [6, 6.07) is 5.29. The first-order valence-electron chi connectivity index (χ1n) is 10.2. The fourth-order valence-corrected chi connectivity index (χ4v) is 4.28. The minimum atomic E-state index is -4.30. The quantitative estimate of drug-likeness (QED) is 0.651. The van der Waals surface area contributed by atoms with Crippen molar-refractivity contribution < 1.29 is 37.7 Å². The van der Waals surface area contributed by atoms with Crippen LogP contribution in [-0.2, 0) is 14.3 Å². The summed E-state index contributed by atoms with van der Waals surface area (Å²) in [7, 11) is 0. The van der Waals surface area contributed by atoms with Crippen LogP contribution in [0.2, 0.25) is 0 Å². The lowest BCUT2D eigenvalue weighted by Crippen LogP contribution is -2.61. The van der Waals surface area contributed by atoms with E-state index in [2.05, 4.69) is 0 Å². The maximum absolute atomic E-state index is 14.4. The van der Waals surface area contributed by atoms with Gasteiger partial charge in [-0.1, -0.05) is 6.42 Å². The normalized spacial score (nSPS) is 20.4. The largest absolute Gasteiger partial charge is 0.544 e. The van der Waals surface area contributed by atoms with Gasteiger partial charge in [-0.05, 0) is 82.6 Å². The lowest BCUT2D eigenvalue weighted by atomic mass is 9.79. The van der Waals surface area contributed by atoms with Crippen molar-refractivity contribution >= 4 is 17.9 Å². The molecule has 0 bridgehead atoms. The number of carbonyl (C=O) groups is 3. The van der Waals surface area contributed by atoms with E-state index in [0.717, 1.165) is 25.7 Å². The van der Waals surface area contributed by atoms with Gasteiger partial charge in [-0.15, -0.1) is 0 Å². The van der Waals surface area contributed by atoms with Gasteiger partial charge < -0.3 is 19.4 Å². The minimum absolute atomic E-state index is 0.0577. The number of hydrogen-bond acceptors (Lipinski definition) is 6. The molecule has 0 amide bonds. The number of carboxylic acid groups (broad SMARTS) is 1. The van der Waals surface area contributed by atoms with Gasteiger partial charge in [-0.3, -0.25) is 0 Å². The van der Waals surface area contributed by atoms with Crippen LogP contribution in [0, 0.1) is 0 Å². The van der Waals surface area contributed by atoms with Crippen LogP contribution in [-0.4, -0.2) is 35.0 Å². The SMILES string of the molecule is CC1(OC(=O)c2ccc(C(=O)OC3(C(F)(F)C(=O)[O-])CCCCC3)cc2)CCCC1. The Morgan fingerprint density at radius 2 is 1.27 bits per heavy atom. The third-order valence-electron chi connectivity index (χ3n) is 6.13. The Balaban J connectivity index is 1.73. The van der Waals surface area contributed by atoms with E-state index >= 15 is 0 Å². The first-order valence-corrected chi connectivity index (χ1v) is 10.2. The lowest BCUT2D eigenvalue weighted by molar-refractivity contribution is -0.345. The molecule has 0 aromatic heterocycles. The fraction of sp³-hybridized carbons (Fsp3) is 0.591. The van der Waals surface area contributed by atoms with Gasteiger partial charge in [-0.25, -0.2) is 9.59 Å². The molecule has 164 valence electrons. The molecule has 0 saturated heterocycles. The van der Waals surface area contributed by atoms with Gasteiger partial charge in [0, 0.05) is 0 Å². The summed E-state index contributed by atoms with van der Waals surface area (Å²) in [5.74, 6) is -8.45. The van der Waals surface area contributed by atoms with E-state index in [9.17, 15) is 28.3 Å². The molecule has 6 nitrogen and oxygen atoms in total. The molecule has 2 aliphatic carbocycles. The monoisotopic (exact) mass is 423 g/mol. The van der Waals surface area contributed by atoms with Gasteiger partial charge in [0.05, 0.1) is 11.1 Å². The molecule has 0 atom stereocenters. The molecule has 0 radical (unpaired) electrons. The zero-order valence-corrected chi connectivity index (χ0v) is 16.9. The average Bonchev–Trinajstić information content (AvgIpc) is 3.14. The zero-order chi connectivity index (χ0) is 22.0. The molecule has 0 N–H and O–H groups in total. The van der Waals surface area contributed by atoms with E-state index in [1.807, 2.05) is 6.92 Å². The number of hydrogen-bond donors (Lipinski definition) is 0. The molecule has 0 unspecified atom stereocenters. The van der Waals surface area contributed by atoms with E-state index in [4.69, 9.17) is 9.47 Å². The highest BCUT2D eigenvalue weighted by Gasteiger charge is 2.58. The van der Waals surface area contributed by atoms with Gasteiger partial charge in [0.1, 0.15) is 11.6 Å². The Kier molecular flexibility index (Phi) is 6.15. The first-order chi connectivity index (χ1) is 14.1. The summed E-state index contributed by atoms with van der Waals surface area (Å²) in [6.45, 7) is 1.88. The molecule has 2 fully saturated rings. The van der Waals surface area contributed by atoms with Crippen molar-refractivity contribution in [2.24, 2.45) is 0 Å². The number of halogens is 2. The van der Waals surface area contributed by atoms with Crippen molar-refractivity contribution in [2.45, 2.75) is 81.8 Å². The molecule has 2 aliphatic rings. The third kappa shape index (κ3) is 4.32. The molecule has 0 heterocycles. The van der Waals surface area contributed by atoms with Gasteiger partial charge in [0.15, 0.2) is 5.60 Å². The van der Waals surface area contributed by atoms with Gasteiger partial charge in [0.25, 0.3) is 0 Å². The van der Waals surface area contributed by atoms with Crippen LogP contribution in [0.5, 0.6) is 0 Å². The predicted octanol–water partition coefficient (Wildman–Crippen LogP) is 3.42. The second kappa shape index (κ2) is 8.32. The number of ether oxygens (including phenoxy) is 2. The molecule has 3 rings (SSSR count). The predicted molar refractivity (Wildman–Crippen MR) is 99.9 cm³/mol. The highest BCUT2D eigenvalue weighted by molar-refractivity contribution is 5.94. The van der Waals surface area contributed by atoms with Crippen LogP contribution in [0.15, 0.2) is 24.3 Å². The van der Waals surface area contributed by atoms with Crippen LogP contribution in [0.1, 0.15) is 85.4 Å². The van der Waals surface area contributed by atoms with Crippen molar-refractivity contribution in [2.75, 3.05) is 0 Å². The van der Waals surface area contributed by atoms with E-state index in [1.54, 1.807) is 0 Å². The third-order valence-corrected chi connectivity index (χ3v) is 6.13. The number of rotatable bonds is 6. The number of carbonyl (C=O) groups excluding carboxylic acids is 3. The van der Waals surface area contributed by atoms with Crippen molar-refractivity contribution in [3.63, 3.8) is 0 Å². The molecule has 0 aliphatic heterocycles. The number of carboxylic acids is 1. The van der Waals surface area contributed by atoms with Crippen molar-refractivity contribution in [1.29, 1.82) is 0 Å². The van der Waals surface area contributed by atoms with Gasteiger partial charge >= 0.3 is 17.9 Å². The first kappa shape index (κ1) is 22.2. The van der Waals surface area contributed by atoms with E-state index in [1.165, 1.54) is 24.3 Å². The fourth-order valence-electron chi connectivity index (χ4n) is 4.28. The Bertz CT molecular complexity index is 805. The summed E-state index contributed by atoms with van der Waals surface area (Å²) in [5.41, 5.74) is -2.77. The number of benzene rings is 1. The second-order valence-corrected chi connectivity index (χ2v) is 8.43. The molecule has 8 heteroatoms. The molecule has 1 aromatic rings. The highest BCUT2D eigenvalue weighted by Crippen LogP contribution is 2.44. The Morgan fingerprint density at radius 3 is 1.73 bits per heavy atom. The maximum Gasteiger partial charge on any atom is 0.338 e. The molecular weight excluding hydrogens is 398 g/mol. The number of esters is 2. The Hall–Kier alpha value is -2.51.